The summed E-state index contributed by atoms with van der Waals surface area (Å²) in [6, 6.07) is 6.14. The van der Waals surface area contributed by atoms with Gasteiger partial charge in [-0.3, -0.25) is 4.79 Å². The molecule has 0 heterocycles. The molecular weight excluding hydrogens is 252 g/mol. The summed E-state index contributed by atoms with van der Waals surface area (Å²) in [5.41, 5.74) is 5.92. The summed E-state index contributed by atoms with van der Waals surface area (Å²) in [5, 5.41) is 1.60. The third kappa shape index (κ3) is 2.64. The highest BCUT2D eigenvalue weighted by atomic mass is 32.2. The Morgan fingerprint density at radius 3 is 2.67 bits per heavy atom. The van der Waals surface area contributed by atoms with Crippen LogP contribution in [0, 0.1) is 0 Å². The van der Waals surface area contributed by atoms with Crippen molar-refractivity contribution in [2.24, 2.45) is 0 Å². The lowest BCUT2D eigenvalue weighted by Gasteiger charge is -2.13. The minimum atomic E-state index is -3.67. The van der Waals surface area contributed by atoms with Crippen LogP contribution in [0.5, 0.6) is 0 Å². The van der Waals surface area contributed by atoms with Gasteiger partial charge in [-0.25, -0.2) is 8.42 Å². The summed E-state index contributed by atoms with van der Waals surface area (Å²) in [6.45, 7) is 1.40. The van der Waals surface area contributed by atoms with Crippen LogP contribution in [0.3, 0.4) is 0 Å². The topological polar surface area (TPSA) is 89.3 Å². The number of nitrogens with two attached hydrogens (primary N) is 1. The molecule has 5 nitrogen and oxygen atoms in total. The third-order valence-corrected chi connectivity index (χ3v) is 5.00. The SMILES string of the molecule is CC(C(=O)NC1CC1)S(=O)(=O)c1cccc(N)c1. The molecule has 0 saturated heterocycles. The first-order chi connectivity index (χ1) is 8.41. The fraction of sp³-hybridized carbons (Fsp3) is 0.417. The van der Waals surface area contributed by atoms with Crippen LogP contribution in [0.15, 0.2) is 29.2 Å². The van der Waals surface area contributed by atoms with E-state index in [1.54, 1.807) is 12.1 Å². The maximum Gasteiger partial charge on any atom is 0.238 e. The number of carbonyl (C=O) groups excluding carboxylic acids is 1. The van der Waals surface area contributed by atoms with E-state index >= 15 is 0 Å². The van der Waals surface area contributed by atoms with Gasteiger partial charge in [0.25, 0.3) is 0 Å². The van der Waals surface area contributed by atoms with Crippen LogP contribution in [-0.4, -0.2) is 25.6 Å². The first kappa shape index (κ1) is 12.9. The van der Waals surface area contributed by atoms with E-state index in [1.165, 1.54) is 19.1 Å². The molecule has 0 bridgehead atoms. The molecule has 2 rings (SSSR count). The highest BCUT2D eigenvalue weighted by molar-refractivity contribution is 7.92. The number of anilines is 1. The number of carbonyl (C=O) groups is 1. The number of amides is 1. The minimum absolute atomic E-state index is 0.0842. The molecule has 0 spiro atoms. The number of hydrogen-bond acceptors (Lipinski definition) is 4. The zero-order chi connectivity index (χ0) is 13.3. The van der Waals surface area contributed by atoms with Crippen molar-refractivity contribution >= 4 is 21.4 Å². The lowest BCUT2D eigenvalue weighted by Crippen LogP contribution is -2.39. The highest BCUT2D eigenvalue weighted by Crippen LogP contribution is 2.22. The van der Waals surface area contributed by atoms with Crippen molar-refractivity contribution < 1.29 is 13.2 Å². The summed E-state index contributed by atoms with van der Waals surface area (Å²) in [5.74, 6) is -0.445. The van der Waals surface area contributed by atoms with E-state index < -0.39 is 21.0 Å². The van der Waals surface area contributed by atoms with E-state index in [1.807, 2.05) is 0 Å². The summed E-state index contributed by atoms with van der Waals surface area (Å²) in [7, 11) is -3.67. The van der Waals surface area contributed by atoms with Gasteiger partial charge in [0, 0.05) is 11.7 Å². The second-order valence-corrected chi connectivity index (χ2v) is 6.81. The molecule has 0 aliphatic heterocycles. The molecule has 1 amide bonds. The van der Waals surface area contributed by atoms with Crippen LogP contribution in [-0.2, 0) is 14.6 Å². The number of sulfone groups is 1. The van der Waals surface area contributed by atoms with Gasteiger partial charge in [0.1, 0.15) is 5.25 Å². The second kappa shape index (κ2) is 4.61. The maximum atomic E-state index is 12.2. The molecule has 6 heteroatoms. The number of nitrogen functional groups attached to an aromatic ring is 1. The predicted octanol–water partition coefficient (Wildman–Crippen LogP) is 0.710. The van der Waals surface area contributed by atoms with Gasteiger partial charge in [-0.2, -0.15) is 0 Å². The average Bonchev–Trinajstić information content (AvgIpc) is 3.11. The Bertz CT molecular complexity index is 564. The first-order valence-corrected chi connectivity index (χ1v) is 7.35. The lowest BCUT2D eigenvalue weighted by atomic mass is 10.3. The van der Waals surface area contributed by atoms with Crippen molar-refractivity contribution in [3.63, 3.8) is 0 Å². The Labute approximate surface area is 106 Å². The number of rotatable bonds is 4. The second-order valence-electron chi connectivity index (χ2n) is 4.54. The molecule has 1 fully saturated rings. The molecular formula is C12H16N2O3S. The van der Waals surface area contributed by atoms with Gasteiger partial charge in [-0.1, -0.05) is 6.07 Å². The Balaban J connectivity index is 2.21. The lowest BCUT2D eigenvalue weighted by molar-refractivity contribution is -0.120. The zero-order valence-electron chi connectivity index (χ0n) is 10.1. The zero-order valence-corrected chi connectivity index (χ0v) is 10.9. The molecule has 0 aromatic heterocycles. The van der Waals surface area contributed by atoms with Gasteiger partial charge in [0.2, 0.25) is 5.91 Å². The maximum absolute atomic E-state index is 12.2. The fourth-order valence-electron chi connectivity index (χ4n) is 1.58. The molecule has 1 saturated carbocycles. The van der Waals surface area contributed by atoms with Crippen LogP contribution in [0.25, 0.3) is 0 Å². The smallest absolute Gasteiger partial charge is 0.238 e. The van der Waals surface area contributed by atoms with Gasteiger partial charge in [0.15, 0.2) is 9.84 Å². The van der Waals surface area contributed by atoms with E-state index in [-0.39, 0.29) is 10.9 Å². The van der Waals surface area contributed by atoms with E-state index in [4.69, 9.17) is 5.73 Å². The Hall–Kier alpha value is -1.56. The van der Waals surface area contributed by atoms with E-state index in [0.717, 1.165) is 12.8 Å². The summed E-state index contributed by atoms with van der Waals surface area (Å²) in [4.78, 5) is 11.9. The van der Waals surface area contributed by atoms with Crippen molar-refractivity contribution in [1.82, 2.24) is 5.32 Å². The molecule has 0 radical (unpaired) electrons. The van der Waals surface area contributed by atoms with Gasteiger partial charge < -0.3 is 11.1 Å². The standard InChI is InChI=1S/C12H16N2O3S/c1-8(12(15)14-10-5-6-10)18(16,17)11-4-2-3-9(13)7-11/h2-4,7-8,10H,5-6,13H2,1H3,(H,14,15). The summed E-state index contributed by atoms with van der Waals surface area (Å²) >= 11 is 0. The fourth-order valence-corrected chi connectivity index (χ4v) is 2.91. The van der Waals surface area contributed by atoms with Crippen molar-refractivity contribution in [2.45, 2.75) is 36.0 Å². The van der Waals surface area contributed by atoms with Crippen LogP contribution in [0.4, 0.5) is 5.69 Å². The molecule has 3 N–H and O–H groups in total. The largest absolute Gasteiger partial charge is 0.399 e. The molecule has 1 unspecified atom stereocenters. The van der Waals surface area contributed by atoms with E-state index in [0.29, 0.717) is 5.69 Å². The van der Waals surface area contributed by atoms with E-state index in [2.05, 4.69) is 5.32 Å². The summed E-state index contributed by atoms with van der Waals surface area (Å²) in [6.07, 6.45) is 1.85. The average molecular weight is 268 g/mol. The van der Waals surface area contributed by atoms with Crippen LogP contribution in [0.1, 0.15) is 19.8 Å². The van der Waals surface area contributed by atoms with Crippen molar-refractivity contribution in [1.29, 1.82) is 0 Å². The molecule has 18 heavy (non-hydrogen) atoms. The number of nitrogens with one attached hydrogen (secondary N) is 1. The Morgan fingerprint density at radius 2 is 2.11 bits per heavy atom. The Kier molecular flexibility index (Phi) is 3.30. The molecule has 1 aromatic rings. The first-order valence-electron chi connectivity index (χ1n) is 5.81. The molecule has 1 aliphatic rings. The molecule has 1 atom stereocenters. The normalized spacial score (nSPS) is 17.2. The molecule has 98 valence electrons. The van der Waals surface area contributed by atoms with Crippen molar-refractivity contribution in [3.8, 4) is 0 Å². The Morgan fingerprint density at radius 1 is 1.44 bits per heavy atom. The molecule has 1 aliphatic carbocycles. The minimum Gasteiger partial charge on any atom is -0.399 e. The van der Waals surface area contributed by atoms with Crippen molar-refractivity contribution in [3.05, 3.63) is 24.3 Å². The molecule has 1 aromatic carbocycles. The van der Waals surface area contributed by atoms with Gasteiger partial charge >= 0.3 is 0 Å². The third-order valence-electron chi connectivity index (χ3n) is 2.95. The van der Waals surface area contributed by atoms with Crippen LogP contribution < -0.4 is 11.1 Å². The van der Waals surface area contributed by atoms with E-state index in [9.17, 15) is 13.2 Å². The number of benzene rings is 1. The van der Waals surface area contributed by atoms with Crippen LogP contribution in [0.2, 0.25) is 0 Å². The summed E-state index contributed by atoms with van der Waals surface area (Å²) < 4.78 is 24.4. The van der Waals surface area contributed by atoms with Crippen molar-refractivity contribution in [2.75, 3.05) is 5.73 Å². The van der Waals surface area contributed by atoms with Gasteiger partial charge in [0.05, 0.1) is 4.90 Å². The quantitative estimate of drug-likeness (QED) is 0.787. The van der Waals surface area contributed by atoms with Gasteiger partial charge in [-0.15, -0.1) is 0 Å². The monoisotopic (exact) mass is 268 g/mol. The van der Waals surface area contributed by atoms with Crippen LogP contribution >= 0.6 is 0 Å². The predicted molar refractivity (Wildman–Crippen MR) is 68.7 cm³/mol. The number of hydrogen-bond donors (Lipinski definition) is 2. The highest BCUT2D eigenvalue weighted by Gasteiger charge is 2.33. The van der Waals surface area contributed by atoms with Gasteiger partial charge in [-0.05, 0) is 38.0 Å².